The standard InChI is InChI=1S/C18H24O3/c1-20-14-21-18-12-10-16(11-13-18)9-8-15-4-2-6-17(19)7-3-5-15/h2,6,10-13,15H,3-5,7-9,14H2,1H3. The zero-order valence-electron chi connectivity index (χ0n) is 12.7. The molecule has 21 heavy (non-hydrogen) atoms. The topological polar surface area (TPSA) is 35.5 Å². The average Bonchev–Trinajstić information content (AvgIpc) is 2.48. The van der Waals surface area contributed by atoms with Gasteiger partial charge in [0.2, 0.25) is 0 Å². The number of methoxy groups -OCH3 is 1. The monoisotopic (exact) mass is 288 g/mol. The average molecular weight is 288 g/mol. The van der Waals surface area contributed by atoms with Crippen LogP contribution in [0, 0.1) is 5.92 Å². The van der Waals surface area contributed by atoms with E-state index in [1.807, 2.05) is 18.2 Å². The molecule has 0 bridgehead atoms. The van der Waals surface area contributed by atoms with Crippen molar-refractivity contribution in [3.05, 3.63) is 42.0 Å². The van der Waals surface area contributed by atoms with Gasteiger partial charge in [0.1, 0.15) is 5.75 Å². The maximum absolute atomic E-state index is 11.3. The van der Waals surface area contributed by atoms with Gasteiger partial charge in [-0.15, -0.1) is 0 Å². The fourth-order valence-corrected chi connectivity index (χ4v) is 2.67. The second-order valence-electron chi connectivity index (χ2n) is 5.60. The first-order valence-electron chi connectivity index (χ1n) is 7.68. The lowest BCUT2D eigenvalue weighted by molar-refractivity contribution is -0.114. The van der Waals surface area contributed by atoms with Crippen molar-refractivity contribution in [3.63, 3.8) is 0 Å². The molecule has 0 amide bonds. The molecule has 0 aromatic heterocycles. The van der Waals surface area contributed by atoms with Gasteiger partial charge in [0.25, 0.3) is 0 Å². The molecule has 1 aliphatic rings. The molecule has 1 aliphatic carbocycles. The molecule has 114 valence electrons. The Labute approximate surface area is 127 Å². The summed E-state index contributed by atoms with van der Waals surface area (Å²) >= 11 is 0. The van der Waals surface area contributed by atoms with E-state index in [1.165, 1.54) is 12.0 Å². The van der Waals surface area contributed by atoms with Crippen molar-refractivity contribution in [1.29, 1.82) is 0 Å². The van der Waals surface area contributed by atoms with E-state index < -0.39 is 0 Å². The summed E-state index contributed by atoms with van der Waals surface area (Å²) < 4.78 is 10.3. The molecule has 0 saturated heterocycles. The summed E-state index contributed by atoms with van der Waals surface area (Å²) in [5.41, 5.74) is 1.34. The van der Waals surface area contributed by atoms with Crippen LogP contribution in [0.5, 0.6) is 5.75 Å². The van der Waals surface area contributed by atoms with Crippen molar-refractivity contribution in [1.82, 2.24) is 0 Å². The van der Waals surface area contributed by atoms with E-state index in [1.54, 1.807) is 13.2 Å². The first kappa shape index (κ1) is 15.8. The predicted molar refractivity (Wildman–Crippen MR) is 83.4 cm³/mol. The Morgan fingerprint density at radius 1 is 1.24 bits per heavy atom. The lowest BCUT2D eigenvalue weighted by atomic mass is 9.89. The zero-order chi connectivity index (χ0) is 14.9. The minimum Gasteiger partial charge on any atom is -0.468 e. The summed E-state index contributed by atoms with van der Waals surface area (Å²) in [6.45, 7) is 0.284. The molecule has 0 aliphatic heterocycles. The van der Waals surface area contributed by atoms with Crippen LogP contribution < -0.4 is 4.74 Å². The van der Waals surface area contributed by atoms with Crippen LogP contribution in [0.25, 0.3) is 0 Å². The second kappa shape index (κ2) is 8.63. The maximum atomic E-state index is 11.3. The molecule has 0 heterocycles. The first-order chi connectivity index (χ1) is 10.3. The molecule has 0 spiro atoms. The third-order valence-corrected chi connectivity index (χ3v) is 3.92. The number of rotatable bonds is 6. The van der Waals surface area contributed by atoms with Crippen LogP contribution in [0.15, 0.2) is 36.4 Å². The van der Waals surface area contributed by atoms with Crippen molar-refractivity contribution in [3.8, 4) is 5.75 Å². The molecule has 0 radical (unpaired) electrons. The lowest BCUT2D eigenvalue weighted by Gasteiger charge is -2.16. The van der Waals surface area contributed by atoms with E-state index in [2.05, 4.69) is 12.1 Å². The van der Waals surface area contributed by atoms with E-state index in [-0.39, 0.29) is 12.6 Å². The molecule has 1 unspecified atom stereocenters. The quantitative estimate of drug-likeness (QED) is 0.744. The highest BCUT2D eigenvalue weighted by atomic mass is 16.7. The largest absolute Gasteiger partial charge is 0.468 e. The van der Waals surface area contributed by atoms with Gasteiger partial charge in [-0.3, -0.25) is 4.79 Å². The van der Waals surface area contributed by atoms with Gasteiger partial charge in [0, 0.05) is 13.5 Å². The van der Waals surface area contributed by atoms with E-state index >= 15 is 0 Å². The highest BCUT2D eigenvalue weighted by molar-refractivity contribution is 5.89. The highest BCUT2D eigenvalue weighted by Crippen LogP contribution is 2.23. The van der Waals surface area contributed by atoms with Gasteiger partial charge >= 0.3 is 0 Å². The highest BCUT2D eigenvalue weighted by Gasteiger charge is 2.11. The molecule has 2 rings (SSSR count). The Balaban J connectivity index is 1.79. The summed E-state index contributed by atoms with van der Waals surface area (Å²) in [5.74, 6) is 1.81. The SMILES string of the molecule is COCOc1ccc(CCC2CC=CC(=O)CCC2)cc1. The van der Waals surface area contributed by atoms with Gasteiger partial charge in [-0.05, 0) is 61.8 Å². The normalized spacial score (nSPS) is 19.1. The summed E-state index contributed by atoms with van der Waals surface area (Å²) in [7, 11) is 1.62. The number of ketones is 1. The van der Waals surface area contributed by atoms with Gasteiger partial charge in [-0.25, -0.2) is 0 Å². The summed E-state index contributed by atoms with van der Waals surface area (Å²) in [5, 5.41) is 0. The number of carbonyl (C=O) groups excluding carboxylic acids is 1. The van der Waals surface area contributed by atoms with Gasteiger partial charge in [-0.1, -0.05) is 18.2 Å². The van der Waals surface area contributed by atoms with Gasteiger partial charge in [0.15, 0.2) is 12.6 Å². The number of benzene rings is 1. The van der Waals surface area contributed by atoms with Gasteiger partial charge in [0.05, 0.1) is 0 Å². The number of allylic oxidation sites excluding steroid dienone is 2. The van der Waals surface area contributed by atoms with Crippen molar-refractivity contribution in [2.45, 2.75) is 38.5 Å². The van der Waals surface area contributed by atoms with Crippen LogP contribution in [0.1, 0.15) is 37.7 Å². The van der Waals surface area contributed by atoms with Crippen LogP contribution in [-0.2, 0) is 16.0 Å². The predicted octanol–water partition coefficient (Wildman–Crippen LogP) is 3.92. The fraction of sp³-hybridized carbons (Fsp3) is 0.500. The third-order valence-electron chi connectivity index (χ3n) is 3.92. The van der Waals surface area contributed by atoms with Gasteiger partial charge in [-0.2, -0.15) is 0 Å². The van der Waals surface area contributed by atoms with Crippen LogP contribution in [0.4, 0.5) is 0 Å². The number of hydrogen-bond acceptors (Lipinski definition) is 3. The Morgan fingerprint density at radius 2 is 2.05 bits per heavy atom. The molecular formula is C18H24O3. The van der Waals surface area contributed by atoms with E-state index in [0.717, 1.165) is 31.4 Å². The third kappa shape index (κ3) is 5.72. The molecule has 0 saturated carbocycles. The smallest absolute Gasteiger partial charge is 0.188 e. The van der Waals surface area contributed by atoms with E-state index in [9.17, 15) is 4.79 Å². The molecule has 0 N–H and O–H groups in total. The van der Waals surface area contributed by atoms with Gasteiger partial charge < -0.3 is 9.47 Å². The van der Waals surface area contributed by atoms with Crippen LogP contribution >= 0.6 is 0 Å². The van der Waals surface area contributed by atoms with Crippen LogP contribution in [0.3, 0.4) is 0 Å². The summed E-state index contributed by atoms with van der Waals surface area (Å²) in [4.78, 5) is 11.3. The lowest BCUT2D eigenvalue weighted by Crippen LogP contribution is -2.06. The van der Waals surface area contributed by atoms with Crippen molar-refractivity contribution >= 4 is 5.78 Å². The Kier molecular flexibility index (Phi) is 6.48. The van der Waals surface area contributed by atoms with E-state index in [0.29, 0.717) is 12.3 Å². The summed E-state index contributed by atoms with van der Waals surface area (Å²) in [6.07, 6.45) is 9.98. The number of carbonyl (C=O) groups is 1. The fourth-order valence-electron chi connectivity index (χ4n) is 2.67. The van der Waals surface area contributed by atoms with Crippen molar-refractivity contribution in [2.75, 3.05) is 13.9 Å². The Morgan fingerprint density at radius 3 is 2.81 bits per heavy atom. The minimum absolute atomic E-state index is 0.278. The number of aryl methyl sites for hydroxylation is 1. The zero-order valence-corrected chi connectivity index (χ0v) is 12.7. The molecule has 1 aromatic carbocycles. The van der Waals surface area contributed by atoms with Crippen molar-refractivity contribution in [2.24, 2.45) is 5.92 Å². The summed E-state index contributed by atoms with van der Waals surface area (Å²) in [6, 6.07) is 8.22. The number of ether oxygens (including phenoxy) is 2. The van der Waals surface area contributed by atoms with Crippen molar-refractivity contribution < 1.29 is 14.3 Å². The second-order valence-corrected chi connectivity index (χ2v) is 5.60. The molecular weight excluding hydrogens is 264 g/mol. The molecule has 1 aromatic rings. The Hall–Kier alpha value is -1.61. The minimum atomic E-state index is 0.278. The van der Waals surface area contributed by atoms with Crippen LogP contribution in [-0.4, -0.2) is 19.7 Å². The maximum Gasteiger partial charge on any atom is 0.188 e. The molecule has 3 nitrogen and oxygen atoms in total. The number of hydrogen-bond donors (Lipinski definition) is 0. The van der Waals surface area contributed by atoms with Crippen LogP contribution in [0.2, 0.25) is 0 Å². The first-order valence-corrected chi connectivity index (χ1v) is 7.68. The molecule has 1 atom stereocenters. The molecule has 0 fully saturated rings. The van der Waals surface area contributed by atoms with E-state index in [4.69, 9.17) is 9.47 Å². The Bertz CT molecular complexity index is 462. The molecule has 3 heteroatoms.